The van der Waals surface area contributed by atoms with Crippen LogP contribution in [0, 0.1) is 13.8 Å². The fraction of sp³-hybridized carbons (Fsp3) is 0.238. The molecule has 1 N–H and O–H groups in total. The number of hydrogen-bond donors (Lipinski definition) is 1. The van der Waals surface area contributed by atoms with Crippen molar-refractivity contribution in [2.24, 2.45) is 0 Å². The van der Waals surface area contributed by atoms with Crippen molar-refractivity contribution in [3.8, 4) is 0 Å². The van der Waals surface area contributed by atoms with Gasteiger partial charge in [-0.1, -0.05) is 18.2 Å². The van der Waals surface area contributed by atoms with Gasteiger partial charge in [-0.2, -0.15) is 23.0 Å². The molecule has 4 aromatic rings. The summed E-state index contributed by atoms with van der Waals surface area (Å²) in [7, 11) is 0. The number of para-hydroxylation sites is 1. The van der Waals surface area contributed by atoms with E-state index in [1.807, 2.05) is 31.2 Å². The number of carbonyl (C=O) groups is 1. The Morgan fingerprint density at radius 3 is 2.50 bits per heavy atom. The molecule has 30 heavy (non-hydrogen) atoms. The number of rotatable bonds is 2. The van der Waals surface area contributed by atoms with Crippen LogP contribution in [0.2, 0.25) is 0 Å². The van der Waals surface area contributed by atoms with Gasteiger partial charge in [0.05, 0.1) is 34.0 Å². The molecule has 3 aromatic heterocycles. The molecule has 0 saturated heterocycles. The summed E-state index contributed by atoms with van der Waals surface area (Å²) in [5.41, 5.74) is 2.28. The maximum absolute atomic E-state index is 13.0. The first-order valence-electron chi connectivity index (χ1n) is 9.25. The Morgan fingerprint density at radius 2 is 1.83 bits per heavy atom. The average Bonchev–Trinajstić information content (AvgIpc) is 3.06. The fourth-order valence-corrected chi connectivity index (χ4v) is 3.51. The SMILES string of the molecule is Cc1nc2ccccc2c2c1c(C)nn2C(=O)N[C@H](C)c1ccc(C(F)(F)F)cn1. The predicted octanol–water partition coefficient (Wildman–Crippen LogP) is 4.93. The first-order valence-corrected chi connectivity index (χ1v) is 9.25. The normalized spacial score (nSPS) is 13.0. The van der Waals surface area contributed by atoms with Crippen molar-refractivity contribution in [2.45, 2.75) is 33.0 Å². The lowest BCUT2D eigenvalue weighted by atomic mass is 10.1. The van der Waals surface area contributed by atoms with Gasteiger partial charge in [-0.3, -0.25) is 9.97 Å². The number of aryl methyl sites for hydroxylation is 2. The number of fused-ring (bicyclic) bond motifs is 3. The van der Waals surface area contributed by atoms with Gasteiger partial charge >= 0.3 is 12.2 Å². The van der Waals surface area contributed by atoms with E-state index in [2.05, 4.69) is 20.4 Å². The third kappa shape index (κ3) is 3.36. The second kappa shape index (κ2) is 7.08. The summed E-state index contributed by atoms with van der Waals surface area (Å²) in [6, 6.07) is 8.54. The van der Waals surface area contributed by atoms with Gasteiger partial charge in [-0.25, -0.2) is 4.79 Å². The number of alkyl halides is 3. The van der Waals surface area contributed by atoms with Crippen LogP contribution in [0.3, 0.4) is 0 Å². The van der Waals surface area contributed by atoms with E-state index in [9.17, 15) is 18.0 Å². The molecule has 0 radical (unpaired) electrons. The van der Waals surface area contributed by atoms with Crippen molar-refractivity contribution in [2.75, 3.05) is 0 Å². The zero-order valence-electron chi connectivity index (χ0n) is 16.4. The van der Waals surface area contributed by atoms with Gasteiger partial charge in [0.25, 0.3) is 0 Å². The molecule has 0 fully saturated rings. The highest BCUT2D eigenvalue weighted by Crippen LogP contribution is 2.30. The molecule has 0 aliphatic carbocycles. The maximum atomic E-state index is 13.0. The monoisotopic (exact) mass is 413 g/mol. The van der Waals surface area contributed by atoms with Crippen molar-refractivity contribution in [3.63, 3.8) is 0 Å². The number of halogens is 3. The Bertz CT molecular complexity index is 1260. The van der Waals surface area contributed by atoms with Gasteiger partial charge < -0.3 is 5.32 Å². The number of nitrogens with zero attached hydrogens (tertiary/aromatic N) is 4. The first-order chi connectivity index (χ1) is 14.2. The molecule has 0 saturated carbocycles. The molecule has 0 spiro atoms. The van der Waals surface area contributed by atoms with Crippen molar-refractivity contribution in [1.82, 2.24) is 25.1 Å². The van der Waals surface area contributed by atoms with E-state index < -0.39 is 23.8 Å². The number of nitrogens with one attached hydrogen (secondary N) is 1. The minimum Gasteiger partial charge on any atom is -0.328 e. The minimum atomic E-state index is -4.46. The summed E-state index contributed by atoms with van der Waals surface area (Å²) in [6.45, 7) is 5.31. The number of benzene rings is 1. The Balaban J connectivity index is 1.70. The van der Waals surface area contributed by atoms with Crippen LogP contribution in [0.4, 0.5) is 18.0 Å². The van der Waals surface area contributed by atoms with E-state index in [1.54, 1.807) is 13.8 Å². The third-order valence-electron chi connectivity index (χ3n) is 4.96. The van der Waals surface area contributed by atoms with Crippen LogP contribution in [0.25, 0.3) is 21.8 Å². The van der Waals surface area contributed by atoms with Crippen LogP contribution in [0.5, 0.6) is 0 Å². The summed E-state index contributed by atoms with van der Waals surface area (Å²) >= 11 is 0. The van der Waals surface area contributed by atoms with Crippen molar-refractivity contribution in [1.29, 1.82) is 0 Å². The number of aromatic nitrogens is 4. The van der Waals surface area contributed by atoms with E-state index in [4.69, 9.17) is 0 Å². The standard InChI is InChI=1S/C21H18F3N5O/c1-11(16-9-8-14(10-25-16)21(22,23)24)27-20(30)29-19-15-6-4-5-7-17(15)26-12(2)18(19)13(3)28-29/h4-11H,1-3H3,(H,27,30)/t11-/m1/s1. The Morgan fingerprint density at radius 1 is 1.10 bits per heavy atom. The van der Waals surface area contributed by atoms with E-state index >= 15 is 0 Å². The molecule has 0 aliphatic rings. The molecule has 3 heterocycles. The van der Waals surface area contributed by atoms with Crippen LogP contribution < -0.4 is 5.32 Å². The van der Waals surface area contributed by atoms with Crippen LogP contribution in [-0.2, 0) is 6.18 Å². The number of amides is 1. The zero-order chi connectivity index (χ0) is 21.6. The third-order valence-corrected chi connectivity index (χ3v) is 4.96. The van der Waals surface area contributed by atoms with E-state index in [1.165, 1.54) is 10.7 Å². The topological polar surface area (TPSA) is 72.7 Å². The molecule has 0 bridgehead atoms. The smallest absolute Gasteiger partial charge is 0.328 e. The molecule has 6 nitrogen and oxygen atoms in total. The molecule has 0 aliphatic heterocycles. The van der Waals surface area contributed by atoms with E-state index in [0.717, 1.165) is 34.2 Å². The lowest BCUT2D eigenvalue weighted by molar-refractivity contribution is -0.137. The van der Waals surface area contributed by atoms with Crippen molar-refractivity contribution < 1.29 is 18.0 Å². The van der Waals surface area contributed by atoms with Crippen LogP contribution in [-0.4, -0.2) is 25.8 Å². The molecule has 0 unspecified atom stereocenters. The summed E-state index contributed by atoms with van der Waals surface area (Å²) in [5, 5.41) is 8.73. The first kappa shape index (κ1) is 19.8. The molecule has 1 amide bonds. The summed E-state index contributed by atoms with van der Waals surface area (Å²) < 4.78 is 39.5. The molecule has 1 aromatic carbocycles. The Hall–Kier alpha value is -3.49. The second-order valence-corrected chi connectivity index (χ2v) is 7.08. The van der Waals surface area contributed by atoms with Crippen LogP contribution in [0.15, 0.2) is 42.6 Å². The van der Waals surface area contributed by atoms with Crippen LogP contribution in [0.1, 0.15) is 35.6 Å². The van der Waals surface area contributed by atoms with Gasteiger partial charge in [0.2, 0.25) is 0 Å². The number of hydrogen-bond acceptors (Lipinski definition) is 4. The van der Waals surface area contributed by atoms with Crippen molar-refractivity contribution in [3.05, 3.63) is 65.2 Å². The maximum Gasteiger partial charge on any atom is 0.417 e. The van der Waals surface area contributed by atoms with Gasteiger partial charge in [0.15, 0.2) is 0 Å². The predicted molar refractivity (Wildman–Crippen MR) is 106 cm³/mol. The van der Waals surface area contributed by atoms with Crippen LogP contribution >= 0.6 is 0 Å². The summed E-state index contributed by atoms with van der Waals surface area (Å²) in [5.74, 6) is 0. The largest absolute Gasteiger partial charge is 0.417 e. The average molecular weight is 413 g/mol. The molecule has 9 heteroatoms. The van der Waals surface area contributed by atoms with Gasteiger partial charge in [0.1, 0.15) is 0 Å². The number of carbonyl (C=O) groups excluding carboxylic acids is 1. The van der Waals surface area contributed by atoms with E-state index in [0.29, 0.717) is 16.9 Å². The minimum absolute atomic E-state index is 0.312. The van der Waals surface area contributed by atoms with E-state index in [-0.39, 0.29) is 0 Å². The lowest BCUT2D eigenvalue weighted by Gasteiger charge is -2.15. The van der Waals surface area contributed by atoms with Gasteiger partial charge in [-0.05, 0) is 39.0 Å². The van der Waals surface area contributed by atoms with Gasteiger partial charge in [-0.15, -0.1) is 0 Å². The van der Waals surface area contributed by atoms with Gasteiger partial charge in [0, 0.05) is 22.7 Å². The molecule has 1 atom stereocenters. The second-order valence-electron chi connectivity index (χ2n) is 7.08. The highest BCUT2D eigenvalue weighted by atomic mass is 19.4. The molecular weight excluding hydrogens is 395 g/mol. The Kier molecular flexibility index (Phi) is 4.68. The summed E-state index contributed by atoms with van der Waals surface area (Å²) in [6.07, 6.45) is -3.70. The summed E-state index contributed by atoms with van der Waals surface area (Å²) in [4.78, 5) is 21.4. The Labute approximate surface area is 169 Å². The highest BCUT2D eigenvalue weighted by molar-refractivity contribution is 6.08. The van der Waals surface area contributed by atoms with Crippen molar-refractivity contribution >= 4 is 27.8 Å². The molecule has 154 valence electrons. The lowest BCUT2D eigenvalue weighted by Crippen LogP contribution is -2.32. The quantitative estimate of drug-likeness (QED) is 0.506. The number of pyridine rings is 2. The highest BCUT2D eigenvalue weighted by Gasteiger charge is 2.31. The fourth-order valence-electron chi connectivity index (χ4n) is 3.51. The molecular formula is C21H18F3N5O. The molecule has 4 rings (SSSR count). The zero-order valence-corrected chi connectivity index (χ0v) is 16.4.